The molecule has 5 rings (SSSR count). The van der Waals surface area contributed by atoms with Gasteiger partial charge in [-0.25, -0.2) is 4.98 Å². The van der Waals surface area contributed by atoms with E-state index < -0.39 is 0 Å². The van der Waals surface area contributed by atoms with Gasteiger partial charge in [-0.2, -0.15) is 0 Å². The number of hydrogen-bond acceptors (Lipinski definition) is 5. The molecule has 2 fully saturated rings. The first-order valence-corrected chi connectivity index (χ1v) is 12.6. The van der Waals surface area contributed by atoms with Crippen molar-refractivity contribution in [2.45, 2.75) is 51.1 Å². The van der Waals surface area contributed by atoms with E-state index >= 15 is 0 Å². The fraction of sp³-hybridized carbons (Fsp3) is 0.538. The fourth-order valence-electron chi connectivity index (χ4n) is 5.54. The van der Waals surface area contributed by atoms with E-state index in [1.807, 2.05) is 6.20 Å². The second kappa shape index (κ2) is 9.24. The molecule has 0 spiro atoms. The van der Waals surface area contributed by atoms with Gasteiger partial charge in [-0.15, -0.1) is 0 Å². The molecule has 0 aromatic carbocycles. The third-order valence-corrected chi connectivity index (χ3v) is 7.84. The largest absolute Gasteiger partial charge is 0.355 e. The zero-order valence-corrected chi connectivity index (χ0v) is 21.0. The number of fused-ring (bicyclic) bond motifs is 1. The van der Waals surface area contributed by atoms with Crippen molar-refractivity contribution in [1.82, 2.24) is 24.2 Å². The third-order valence-electron chi connectivity index (χ3n) is 7.48. The number of nitrogens with zero attached hydrogens (tertiary/aromatic N) is 6. The zero-order chi connectivity index (χ0) is 23.1. The number of pyridine rings is 2. The number of likely N-dealkylation sites (tertiary alicyclic amines) is 1. The summed E-state index contributed by atoms with van der Waals surface area (Å²) in [6.45, 7) is 8.63. The lowest BCUT2D eigenvalue weighted by molar-refractivity contribution is 0.109. The van der Waals surface area contributed by atoms with Crippen LogP contribution in [-0.2, 0) is 0 Å². The van der Waals surface area contributed by atoms with Crippen LogP contribution in [0.2, 0.25) is 5.15 Å². The number of imidazole rings is 1. The number of likely N-dealkylation sites (N-methyl/N-ethyl adjacent to an activating group) is 1. The van der Waals surface area contributed by atoms with Crippen molar-refractivity contribution in [2.24, 2.45) is 0 Å². The highest BCUT2D eigenvalue weighted by atomic mass is 35.5. The summed E-state index contributed by atoms with van der Waals surface area (Å²) in [6.07, 6.45) is 5.24. The van der Waals surface area contributed by atoms with Crippen LogP contribution in [0.4, 0.5) is 5.82 Å². The van der Waals surface area contributed by atoms with E-state index in [0.717, 1.165) is 67.8 Å². The van der Waals surface area contributed by atoms with Crippen LogP contribution in [0.25, 0.3) is 5.65 Å². The summed E-state index contributed by atoms with van der Waals surface area (Å²) in [6, 6.07) is 11.1. The SMILES string of the molecule is CC(C)c1cccnc1[C@@H]1CCC[C@H](c2nc3cccc(N4CCN(C)CC4)n3c2Cl)N1C. The number of piperazine rings is 1. The molecule has 2 aliphatic rings. The van der Waals surface area contributed by atoms with Crippen molar-refractivity contribution in [1.29, 1.82) is 0 Å². The van der Waals surface area contributed by atoms with Gasteiger partial charge in [0.2, 0.25) is 0 Å². The lowest BCUT2D eigenvalue weighted by Crippen LogP contribution is -2.45. The van der Waals surface area contributed by atoms with E-state index in [1.165, 1.54) is 11.3 Å². The van der Waals surface area contributed by atoms with E-state index in [-0.39, 0.29) is 12.1 Å². The zero-order valence-electron chi connectivity index (χ0n) is 20.2. The Bertz CT molecular complexity index is 1120. The summed E-state index contributed by atoms with van der Waals surface area (Å²) in [5.74, 6) is 1.60. The van der Waals surface area contributed by atoms with Crippen LogP contribution in [0.5, 0.6) is 0 Å². The lowest BCUT2D eigenvalue weighted by Gasteiger charge is -2.39. The maximum Gasteiger partial charge on any atom is 0.139 e. The molecule has 0 unspecified atom stereocenters. The van der Waals surface area contributed by atoms with Gasteiger partial charge in [-0.3, -0.25) is 14.3 Å². The minimum absolute atomic E-state index is 0.179. The third kappa shape index (κ3) is 4.13. The van der Waals surface area contributed by atoms with Gasteiger partial charge in [0.05, 0.1) is 23.5 Å². The molecule has 3 aromatic rings. The van der Waals surface area contributed by atoms with Gasteiger partial charge >= 0.3 is 0 Å². The highest BCUT2D eigenvalue weighted by Crippen LogP contribution is 2.43. The predicted octanol–water partition coefficient (Wildman–Crippen LogP) is 5.16. The molecule has 6 nitrogen and oxygen atoms in total. The molecule has 5 heterocycles. The first kappa shape index (κ1) is 22.6. The van der Waals surface area contributed by atoms with Crippen LogP contribution in [0, 0.1) is 0 Å². The van der Waals surface area contributed by atoms with E-state index in [1.54, 1.807) is 0 Å². The summed E-state index contributed by atoms with van der Waals surface area (Å²) >= 11 is 7.11. The van der Waals surface area contributed by atoms with Crippen molar-refractivity contribution < 1.29 is 0 Å². The number of hydrogen-bond donors (Lipinski definition) is 0. The lowest BCUT2D eigenvalue weighted by atomic mass is 9.88. The van der Waals surface area contributed by atoms with E-state index in [4.69, 9.17) is 21.6 Å². The molecular weight excluding hydrogens is 432 g/mol. The smallest absolute Gasteiger partial charge is 0.139 e. The predicted molar refractivity (Wildman–Crippen MR) is 135 cm³/mol. The van der Waals surface area contributed by atoms with Crippen LogP contribution in [0.3, 0.4) is 0 Å². The second-order valence-electron chi connectivity index (χ2n) is 9.92. The number of piperidine rings is 1. The van der Waals surface area contributed by atoms with Gasteiger partial charge < -0.3 is 9.80 Å². The molecule has 3 aromatic heterocycles. The van der Waals surface area contributed by atoms with Crippen LogP contribution >= 0.6 is 11.6 Å². The molecule has 0 aliphatic carbocycles. The van der Waals surface area contributed by atoms with Gasteiger partial charge in [-0.1, -0.05) is 37.6 Å². The number of anilines is 1. The molecule has 7 heteroatoms. The molecule has 2 atom stereocenters. The van der Waals surface area contributed by atoms with E-state index in [0.29, 0.717) is 5.92 Å². The number of rotatable bonds is 4. The molecular formula is C26H35ClN6. The summed E-state index contributed by atoms with van der Waals surface area (Å²) in [5, 5.41) is 0.752. The summed E-state index contributed by atoms with van der Waals surface area (Å²) in [4.78, 5) is 17.2. The van der Waals surface area contributed by atoms with Crippen molar-refractivity contribution in [3.8, 4) is 0 Å². The van der Waals surface area contributed by atoms with Crippen molar-refractivity contribution in [3.05, 3.63) is 58.6 Å². The van der Waals surface area contributed by atoms with Crippen LogP contribution in [0.1, 0.15) is 68.1 Å². The van der Waals surface area contributed by atoms with Gasteiger partial charge in [0.15, 0.2) is 0 Å². The van der Waals surface area contributed by atoms with Crippen LogP contribution in [0.15, 0.2) is 36.5 Å². The highest BCUT2D eigenvalue weighted by Gasteiger charge is 2.35. The Hall–Kier alpha value is -2.15. The molecule has 0 bridgehead atoms. The monoisotopic (exact) mass is 466 g/mol. The average molecular weight is 467 g/mol. The maximum absolute atomic E-state index is 7.11. The summed E-state index contributed by atoms with van der Waals surface area (Å²) in [5.41, 5.74) is 4.47. The Balaban J connectivity index is 1.50. The Kier molecular flexibility index (Phi) is 6.34. The van der Waals surface area contributed by atoms with E-state index in [9.17, 15) is 0 Å². The second-order valence-corrected chi connectivity index (χ2v) is 10.3. The van der Waals surface area contributed by atoms with Crippen molar-refractivity contribution >= 4 is 23.1 Å². The molecule has 33 heavy (non-hydrogen) atoms. The average Bonchev–Trinajstić information content (AvgIpc) is 3.16. The first-order chi connectivity index (χ1) is 16.0. The van der Waals surface area contributed by atoms with Gasteiger partial charge in [-0.05, 0) is 63.0 Å². The Morgan fingerprint density at radius 3 is 2.39 bits per heavy atom. The number of aromatic nitrogens is 3. The molecule has 2 saturated heterocycles. The quantitative estimate of drug-likeness (QED) is 0.531. The molecule has 0 radical (unpaired) electrons. The molecule has 176 valence electrons. The van der Waals surface area contributed by atoms with Gasteiger partial charge in [0, 0.05) is 32.4 Å². The standard InChI is InChI=1S/C26H35ClN6/c1-18(2)19-8-7-13-28-24(19)20-9-5-10-21(31(20)4)25-26(27)33-22(29-25)11-6-12-23(33)32-16-14-30(3)15-17-32/h6-8,11-13,18,20-21H,5,9-10,14-17H2,1-4H3/t20-,21+/m0/s1. The Morgan fingerprint density at radius 2 is 1.67 bits per heavy atom. The minimum Gasteiger partial charge on any atom is -0.355 e. The minimum atomic E-state index is 0.179. The van der Waals surface area contributed by atoms with Gasteiger partial charge in [0.25, 0.3) is 0 Å². The Labute approximate surface area is 202 Å². The first-order valence-electron chi connectivity index (χ1n) is 12.2. The number of halogens is 1. The molecule has 0 saturated carbocycles. The highest BCUT2D eigenvalue weighted by molar-refractivity contribution is 6.30. The van der Waals surface area contributed by atoms with Crippen molar-refractivity contribution in [3.63, 3.8) is 0 Å². The van der Waals surface area contributed by atoms with Crippen LogP contribution < -0.4 is 4.90 Å². The molecule has 0 amide bonds. The topological polar surface area (TPSA) is 39.9 Å². The molecule has 0 N–H and O–H groups in total. The van der Waals surface area contributed by atoms with E-state index in [2.05, 4.69) is 77.4 Å². The summed E-state index contributed by atoms with van der Waals surface area (Å²) in [7, 11) is 4.40. The molecule has 2 aliphatic heterocycles. The Morgan fingerprint density at radius 1 is 0.939 bits per heavy atom. The van der Waals surface area contributed by atoms with Gasteiger partial charge in [0.1, 0.15) is 16.6 Å². The van der Waals surface area contributed by atoms with Crippen molar-refractivity contribution in [2.75, 3.05) is 45.2 Å². The maximum atomic E-state index is 7.11. The normalized spacial score (nSPS) is 23.0. The summed E-state index contributed by atoms with van der Waals surface area (Å²) < 4.78 is 2.15. The fourth-order valence-corrected chi connectivity index (χ4v) is 5.88. The van der Waals surface area contributed by atoms with Crippen LogP contribution in [-0.4, -0.2) is 64.4 Å².